The van der Waals surface area contributed by atoms with Gasteiger partial charge in [-0.05, 0) is 51.1 Å². The molecular weight excluding hydrogens is 324 g/mol. The van der Waals surface area contributed by atoms with Crippen molar-refractivity contribution in [1.29, 1.82) is 0 Å². The first kappa shape index (κ1) is 20.8. The van der Waals surface area contributed by atoms with Crippen molar-refractivity contribution in [3.8, 4) is 0 Å². The predicted molar refractivity (Wildman–Crippen MR) is 107 cm³/mol. The first-order valence-electron chi connectivity index (χ1n) is 10.2. The van der Waals surface area contributed by atoms with Crippen LogP contribution in [0.1, 0.15) is 62.4 Å². The number of ketones is 1. The Bertz CT molecular complexity index is 556. The zero-order chi connectivity index (χ0) is 18.9. The molecule has 4 nitrogen and oxygen atoms in total. The number of nitrogens with zero attached hydrogens (tertiary/aromatic N) is 2. The molecule has 0 aromatic heterocycles. The lowest BCUT2D eigenvalue weighted by Gasteiger charge is -2.40. The summed E-state index contributed by atoms with van der Waals surface area (Å²) < 4.78 is 0. The summed E-state index contributed by atoms with van der Waals surface area (Å²) in [4.78, 5) is 27.1. The van der Waals surface area contributed by atoms with Gasteiger partial charge in [-0.1, -0.05) is 38.1 Å². The summed E-state index contributed by atoms with van der Waals surface area (Å²) in [6, 6.07) is 9.09. The number of rotatable bonds is 8. The topological polar surface area (TPSA) is 40.6 Å². The molecule has 2 aliphatic heterocycles. The van der Waals surface area contributed by atoms with Crippen molar-refractivity contribution in [1.82, 2.24) is 9.80 Å². The molecule has 1 aromatic carbocycles. The maximum Gasteiger partial charge on any atom is 0.150 e. The van der Waals surface area contributed by atoms with Crippen molar-refractivity contribution in [2.75, 3.05) is 26.2 Å². The summed E-state index contributed by atoms with van der Waals surface area (Å²) >= 11 is 0. The van der Waals surface area contributed by atoms with Crippen LogP contribution in [0.2, 0.25) is 0 Å². The van der Waals surface area contributed by atoms with Crippen LogP contribution in [0.5, 0.6) is 0 Å². The molecule has 2 unspecified atom stereocenters. The number of hydrogen-bond acceptors (Lipinski definition) is 4. The molecule has 2 heterocycles. The third-order valence-electron chi connectivity index (χ3n) is 5.42. The van der Waals surface area contributed by atoms with E-state index < -0.39 is 0 Å². The smallest absolute Gasteiger partial charge is 0.150 e. The number of fused-ring (bicyclic) bond motifs is 2. The van der Waals surface area contributed by atoms with Gasteiger partial charge in [-0.2, -0.15) is 0 Å². The highest BCUT2D eigenvalue weighted by molar-refractivity contribution is 5.77. The Hall–Kier alpha value is -1.52. The molecule has 0 radical (unpaired) electrons. The molecule has 2 atom stereocenters. The van der Waals surface area contributed by atoms with Gasteiger partial charge in [0, 0.05) is 30.7 Å². The lowest BCUT2D eigenvalue weighted by atomic mass is 10.1. The van der Waals surface area contributed by atoms with Gasteiger partial charge in [0.25, 0.3) is 0 Å². The molecule has 26 heavy (non-hydrogen) atoms. The molecule has 0 amide bonds. The Morgan fingerprint density at radius 3 is 2.23 bits per heavy atom. The van der Waals surface area contributed by atoms with Crippen LogP contribution in [0.15, 0.2) is 24.3 Å². The minimum Gasteiger partial charge on any atom is -0.300 e. The third kappa shape index (κ3) is 5.75. The number of piperazine rings is 1. The second-order valence-electron chi connectivity index (χ2n) is 7.34. The average Bonchev–Trinajstić information content (AvgIpc) is 2.89. The van der Waals surface area contributed by atoms with Gasteiger partial charge in [0.2, 0.25) is 0 Å². The molecule has 2 fully saturated rings. The third-order valence-corrected chi connectivity index (χ3v) is 5.42. The first-order valence-corrected chi connectivity index (χ1v) is 10.2. The van der Waals surface area contributed by atoms with Gasteiger partial charge in [-0.15, -0.1) is 0 Å². The van der Waals surface area contributed by atoms with Crippen LogP contribution in [0.3, 0.4) is 0 Å². The fourth-order valence-electron chi connectivity index (χ4n) is 4.20. The van der Waals surface area contributed by atoms with Crippen LogP contribution >= 0.6 is 0 Å². The molecule has 144 valence electrons. The molecule has 1 aromatic rings. The number of carbonyl (C=O) groups is 2. The number of benzene rings is 1. The molecule has 2 saturated heterocycles. The zero-order valence-electron chi connectivity index (χ0n) is 16.6. The molecular formula is C22H34N2O2. The van der Waals surface area contributed by atoms with E-state index >= 15 is 0 Å². The summed E-state index contributed by atoms with van der Waals surface area (Å²) in [5, 5.41) is 0. The number of aryl methyl sites for hydroxylation is 1. The van der Waals surface area contributed by atoms with Crippen molar-refractivity contribution >= 4 is 12.1 Å². The van der Waals surface area contributed by atoms with E-state index in [0.29, 0.717) is 24.4 Å². The molecule has 0 N–H and O–H groups in total. The highest BCUT2D eigenvalue weighted by Crippen LogP contribution is 2.29. The molecule has 4 heteroatoms. The Labute approximate surface area is 158 Å². The van der Waals surface area contributed by atoms with E-state index in [9.17, 15) is 9.59 Å². The fourth-order valence-corrected chi connectivity index (χ4v) is 4.20. The SMILES string of the molecule is CC.CC(=O)CN1C2CCC1CN(CCCCc1ccc(C=O)cc1)C2. The first-order chi connectivity index (χ1) is 12.7. The Kier molecular flexibility index (Phi) is 8.46. The molecule has 0 spiro atoms. The van der Waals surface area contributed by atoms with E-state index in [1.807, 2.05) is 26.0 Å². The van der Waals surface area contributed by atoms with Crippen molar-refractivity contribution in [2.24, 2.45) is 0 Å². The monoisotopic (exact) mass is 358 g/mol. The van der Waals surface area contributed by atoms with E-state index in [1.54, 1.807) is 6.92 Å². The minimum atomic E-state index is 0.293. The lowest BCUT2D eigenvalue weighted by Crippen LogP contribution is -2.54. The van der Waals surface area contributed by atoms with E-state index in [2.05, 4.69) is 21.9 Å². The number of carbonyl (C=O) groups excluding carboxylic acids is 2. The predicted octanol–water partition coefficient (Wildman–Crippen LogP) is 3.59. The molecule has 0 aliphatic carbocycles. The van der Waals surface area contributed by atoms with Gasteiger partial charge >= 0.3 is 0 Å². The second kappa shape index (κ2) is 10.6. The van der Waals surface area contributed by atoms with Crippen LogP contribution < -0.4 is 0 Å². The standard InChI is InChI=1S/C20H28N2O2.C2H6/c1-16(24)12-22-19-9-10-20(22)14-21(13-19)11-3-2-4-17-5-7-18(15-23)8-6-17;1-2/h5-8,15,19-20H,2-4,9-14H2,1H3;1-2H3. The molecule has 3 rings (SSSR count). The molecule has 0 saturated carbocycles. The van der Waals surface area contributed by atoms with Gasteiger partial charge in [0.05, 0.1) is 6.54 Å². The van der Waals surface area contributed by atoms with Crippen molar-refractivity contribution < 1.29 is 9.59 Å². The van der Waals surface area contributed by atoms with E-state index in [1.165, 1.54) is 31.2 Å². The molecule has 2 aliphatic rings. The number of unbranched alkanes of at least 4 members (excludes halogenated alkanes) is 1. The summed E-state index contributed by atoms with van der Waals surface area (Å²) in [5.41, 5.74) is 2.06. The van der Waals surface area contributed by atoms with Crippen LogP contribution in [0, 0.1) is 0 Å². The van der Waals surface area contributed by atoms with E-state index in [-0.39, 0.29) is 0 Å². The Morgan fingerprint density at radius 2 is 1.69 bits per heavy atom. The largest absolute Gasteiger partial charge is 0.300 e. The number of aldehydes is 1. The van der Waals surface area contributed by atoms with Crippen molar-refractivity contribution in [3.05, 3.63) is 35.4 Å². The van der Waals surface area contributed by atoms with Crippen LogP contribution in [0.4, 0.5) is 0 Å². The summed E-state index contributed by atoms with van der Waals surface area (Å²) in [6.07, 6.45) is 6.86. The fraction of sp³-hybridized carbons (Fsp3) is 0.636. The average molecular weight is 359 g/mol. The van der Waals surface area contributed by atoms with Crippen LogP contribution in [0.25, 0.3) is 0 Å². The highest BCUT2D eigenvalue weighted by Gasteiger charge is 2.39. The van der Waals surface area contributed by atoms with Crippen molar-refractivity contribution in [2.45, 2.75) is 65.0 Å². The lowest BCUT2D eigenvalue weighted by molar-refractivity contribution is -0.119. The summed E-state index contributed by atoms with van der Waals surface area (Å²) in [6.45, 7) is 9.75. The number of Topliss-reactive ketones (excluding diaryl/α,β-unsaturated/α-hetero) is 1. The quantitative estimate of drug-likeness (QED) is 0.526. The Balaban J connectivity index is 0.00000117. The van der Waals surface area contributed by atoms with Gasteiger partial charge in [-0.25, -0.2) is 0 Å². The van der Waals surface area contributed by atoms with Gasteiger partial charge in [-0.3, -0.25) is 14.5 Å². The van der Waals surface area contributed by atoms with E-state index in [4.69, 9.17) is 0 Å². The molecule has 2 bridgehead atoms. The van der Waals surface area contributed by atoms with Crippen LogP contribution in [-0.4, -0.2) is 60.1 Å². The van der Waals surface area contributed by atoms with Gasteiger partial charge < -0.3 is 4.90 Å². The highest BCUT2D eigenvalue weighted by atomic mass is 16.1. The second-order valence-corrected chi connectivity index (χ2v) is 7.34. The van der Waals surface area contributed by atoms with E-state index in [0.717, 1.165) is 37.9 Å². The minimum absolute atomic E-state index is 0.293. The zero-order valence-corrected chi connectivity index (χ0v) is 16.6. The van der Waals surface area contributed by atoms with Gasteiger partial charge in [0.15, 0.2) is 0 Å². The normalized spacial score (nSPS) is 22.6. The Morgan fingerprint density at radius 1 is 1.08 bits per heavy atom. The maximum atomic E-state index is 11.4. The maximum absolute atomic E-state index is 11.4. The van der Waals surface area contributed by atoms with Gasteiger partial charge in [0.1, 0.15) is 12.1 Å². The van der Waals surface area contributed by atoms with Crippen molar-refractivity contribution in [3.63, 3.8) is 0 Å². The summed E-state index contributed by atoms with van der Waals surface area (Å²) in [7, 11) is 0. The number of likely N-dealkylation sites (tertiary alicyclic amines) is 1. The number of hydrogen-bond donors (Lipinski definition) is 0. The van der Waals surface area contributed by atoms with Crippen LogP contribution in [-0.2, 0) is 11.2 Å². The summed E-state index contributed by atoms with van der Waals surface area (Å²) in [5.74, 6) is 0.293.